The minimum atomic E-state index is -0.834. The molecule has 0 amide bonds. The Labute approximate surface area is 196 Å². The maximum atomic E-state index is 12.5. The van der Waals surface area contributed by atoms with Crippen LogP contribution in [0.1, 0.15) is 20.7 Å². The van der Waals surface area contributed by atoms with E-state index in [2.05, 4.69) is 0 Å². The maximum Gasteiger partial charge on any atom is 0.342 e. The van der Waals surface area contributed by atoms with Crippen molar-refractivity contribution in [2.24, 2.45) is 0 Å². The highest BCUT2D eigenvalue weighted by molar-refractivity contribution is 5.97. The number of rotatable bonds is 12. The second-order valence-corrected chi connectivity index (χ2v) is 6.51. The van der Waals surface area contributed by atoms with Crippen LogP contribution in [0, 0.1) is 0 Å². The van der Waals surface area contributed by atoms with Gasteiger partial charge in [-0.05, 0) is 0 Å². The van der Waals surface area contributed by atoms with E-state index in [4.69, 9.17) is 37.9 Å². The molecule has 0 aliphatic carbocycles. The molecule has 2 rings (SSSR count). The normalized spacial score (nSPS) is 10.1. The van der Waals surface area contributed by atoms with Gasteiger partial charge >= 0.3 is 11.9 Å². The van der Waals surface area contributed by atoms with E-state index in [1.54, 1.807) is 0 Å². The third-order valence-corrected chi connectivity index (χ3v) is 4.58. The monoisotopic (exact) mass is 478 g/mol. The highest BCUT2D eigenvalue weighted by Gasteiger charge is 2.22. The first kappa shape index (κ1) is 26.1. The molecule has 34 heavy (non-hydrogen) atoms. The molecule has 11 heteroatoms. The Morgan fingerprint density at radius 2 is 0.794 bits per heavy atom. The molecule has 0 saturated carbocycles. The van der Waals surface area contributed by atoms with Crippen molar-refractivity contribution < 1.29 is 52.3 Å². The lowest BCUT2D eigenvalue weighted by Crippen LogP contribution is -2.21. The van der Waals surface area contributed by atoms with Crippen LogP contribution in [0.25, 0.3) is 0 Å². The fraction of sp³-hybridized carbons (Fsp3) is 0.348. The van der Waals surface area contributed by atoms with Gasteiger partial charge in [0.25, 0.3) is 0 Å². The minimum Gasteiger partial charge on any atom is -0.496 e. The van der Waals surface area contributed by atoms with Crippen LogP contribution in [0.4, 0.5) is 0 Å². The van der Waals surface area contributed by atoms with Gasteiger partial charge in [-0.25, -0.2) is 9.59 Å². The fourth-order valence-electron chi connectivity index (χ4n) is 2.87. The summed E-state index contributed by atoms with van der Waals surface area (Å²) in [7, 11) is 8.42. The number of carbonyl (C=O) groups is 3. The molecule has 0 saturated heterocycles. The lowest BCUT2D eigenvalue weighted by atomic mass is 10.1. The molecule has 0 aliphatic rings. The Balaban J connectivity index is 2.03. The summed E-state index contributed by atoms with van der Waals surface area (Å²) in [4.78, 5) is 37.1. The molecule has 0 fully saturated rings. The minimum absolute atomic E-state index is 0.0278. The van der Waals surface area contributed by atoms with Gasteiger partial charge in [0.15, 0.2) is 36.2 Å². The van der Waals surface area contributed by atoms with Gasteiger partial charge in [0.1, 0.15) is 22.6 Å². The first-order valence-corrected chi connectivity index (χ1v) is 9.79. The zero-order valence-corrected chi connectivity index (χ0v) is 19.7. The van der Waals surface area contributed by atoms with Crippen LogP contribution in [0.3, 0.4) is 0 Å². The van der Waals surface area contributed by atoms with Gasteiger partial charge in [-0.15, -0.1) is 0 Å². The van der Waals surface area contributed by atoms with Crippen LogP contribution >= 0.6 is 0 Å². The topological polar surface area (TPSA) is 125 Å². The summed E-state index contributed by atoms with van der Waals surface area (Å²) < 4.78 is 41.1. The average molecular weight is 478 g/mol. The average Bonchev–Trinajstić information content (AvgIpc) is 2.88. The highest BCUT2D eigenvalue weighted by Crippen LogP contribution is 2.36. The van der Waals surface area contributed by atoms with Crippen molar-refractivity contribution in [2.75, 3.05) is 55.9 Å². The number of hydrogen-bond donors (Lipinski definition) is 0. The van der Waals surface area contributed by atoms with Crippen molar-refractivity contribution >= 4 is 17.7 Å². The molecular formula is C23H26O11. The van der Waals surface area contributed by atoms with Gasteiger partial charge < -0.3 is 37.9 Å². The summed E-state index contributed by atoms with van der Waals surface area (Å²) in [6.07, 6.45) is 0. The van der Waals surface area contributed by atoms with Crippen molar-refractivity contribution in [1.82, 2.24) is 0 Å². The first-order chi connectivity index (χ1) is 16.3. The molecule has 0 radical (unpaired) electrons. The summed E-state index contributed by atoms with van der Waals surface area (Å²) in [5.74, 6) is -0.726. The molecule has 11 nitrogen and oxygen atoms in total. The number of ether oxygens (including phenoxy) is 8. The third kappa shape index (κ3) is 6.00. The Bertz CT molecular complexity index is 964. The van der Waals surface area contributed by atoms with Crippen LogP contribution in [0.2, 0.25) is 0 Å². The molecule has 2 aromatic carbocycles. The van der Waals surface area contributed by atoms with E-state index in [1.165, 1.54) is 66.9 Å². The molecule has 184 valence electrons. The fourth-order valence-corrected chi connectivity index (χ4v) is 2.87. The predicted octanol–water partition coefficient (Wildman–Crippen LogP) is 2.32. The van der Waals surface area contributed by atoms with E-state index in [1.807, 2.05) is 0 Å². The summed E-state index contributed by atoms with van der Waals surface area (Å²) >= 11 is 0. The summed E-state index contributed by atoms with van der Waals surface area (Å²) in [5.41, 5.74) is 0.0556. The Morgan fingerprint density at radius 1 is 0.500 bits per heavy atom. The lowest BCUT2D eigenvalue weighted by molar-refractivity contribution is -0.125. The highest BCUT2D eigenvalue weighted by atomic mass is 16.6. The zero-order valence-electron chi connectivity index (χ0n) is 19.7. The van der Waals surface area contributed by atoms with Gasteiger partial charge in [0, 0.05) is 24.3 Å². The molecule has 0 spiro atoms. The van der Waals surface area contributed by atoms with Crippen LogP contribution in [0.5, 0.6) is 34.5 Å². The Kier molecular flexibility index (Phi) is 9.36. The van der Waals surface area contributed by atoms with E-state index in [-0.39, 0.29) is 34.1 Å². The first-order valence-electron chi connectivity index (χ1n) is 9.79. The summed E-state index contributed by atoms with van der Waals surface area (Å²) in [5, 5.41) is 0. The standard InChI is InChI=1S/C23H26O11/c1-27-16-9-20(31-5)18(29-3)7-14(16)22(25)33-11-13(24)12-34-23(26)15-8-19(30-4)21(32-6)10-17(15)28-2/h7-10H,11-12H2,1-6H3. The maximum absolute atomic E-state index is 12.5. The van der Waals surface area contributed by atoms with Crippen molar-refractivity contribution in [3.63, 3.8) is 0 Å². The molecule has 0 heterocycles. The number of Topliss-reactive ketones (excluding diaryl/α,β-unsaturated/α-hetero) is 1. The van der Waals surface area contributed by atoms with E-state index in [0.29, 0.717) is 11.5 Å². The van der Waals surface area contributed by atoms with Gasteiger partial charge in [-0.3, -0.25) is 4.79 Å². The largest absolute Gasteiger partial charge is 0.496 e. The van der Waals surface area contributed by atoms with E-state index in [0.717, 1.165) is 0 Å². The summed E-state index contributed by atoms with van der Waals surface area (Å²) in [6.45, 7) is -1.26. The van der Waals surface area contributed by atoms with Gasteiger partial charge in [0.05, 0.1) is 42.7 Å². The van der Waals surface area contributed by atoms with Crippen LogP contribution in [-0.4, -0.2) is 73.6 Å². The number of esters is 2. The quantitative estimate of drug-likeness (QED) is 0.417. The Morgan fingerprint density at radius 3 is 1.09 bits per heavy atom. The summed E-state index contributed by atoms with van der Waals surface area (Å²) in [6, 6.07) is 5.65. The number of carbonyl (C=O) groups excluding carboxylic acids is 3. The lowest BCUT2D eigenvalue weighted by Gasteiger charge is -2.14. The predicted molar refractivity (Wildman–Crippen MR) is 118 cm³/mol. The van der Waals surface area contributed by atoms with E-state index in [9.17, 15) is 14.4 Å². The smallest absolute Gasteiger partial charge is 0.342 e. The third-order valence-electron chi connectivity index (χ3n) is 4.58. The number of ketones is 1. The molecule has 0 aliphatic heterocycles. The molecule has 2 aromatic rings. The molecule has 0 bridgehead atoms. The second-order valence-electron chi connectivity index (χ2n) is 6.51. The SMILES string of the molecule is COc1cc(OC)c(C(=O)OCC(=O)COC(=O)c2cc(OC)c(OC)cc2OC)cc1OC. The van der Waals surface area contributed by atoms with Crippen LogP contribution in [0.15, 0.2) is 24.3 Å². The van der Waals surface area contributed by atoms with Crippen molar-refractivity contribution in [3.05, 3.63) is 35.4 Å². The van der Waals surface area contributed by atoms with Gasteiger partial charge in [0.2, 0.25) is 5.78 Å². The molecular weight excluding hydrogens is 452 g/mol. The van der Waals surface area contributed by atoms with Crippen molar-refractivity contribution in [2.45, 2.75) is 0 Å². The van der Waals surface area contributed by atoms with Crippen molar-refractivity contribution in [1.29, 1.82) is 0 Å². The number of benzene rings is 2. The molecule has 0 atom stereocenters. The molecule has 0 unspecified atom stereocenters. The van der Waals surface area contributed by atoms with Gasteiger partial charge in [-0.1, -0.05) is 0 Å². The van der Waals surface area contributed by atoms with Crippen molar-refractivity contribution in [3.8, 4) is 34.5 Å². The zero-order chi connectivity index (χ0) is 25.3. The number of hydrogen-bond acceptors (Lipinski definition) is 11. The molecule has 0 aromatic heterocycles. The van der Waals surface area contributed by atoms with E-state index < -0.39 is 30.9 Å². The van der Waals surface area contributed by atoms with Crippen LogP contribution < -0.4 is 28.4 Å². The van der Waals surface area contributed by atoms with E-state index >= 15 is 0 Å². The van der Waals surface area contributed by atoms with Crippen LogP contribution in [-0.2, 0) is 14.3 Å². The molecule has 0 N–H and O–H groups in total. The Hall–Kier alpha value is -4.15. The van der Waals surface area contributed by atoms with Gasteiger partial charge in [-0.2, -0.15) is 0 Å². The number of methoxy groups -OCH3 is 6. The second kappa shape index (κ2) is 12.2.